The summed E-state index contributed by atoms with van der Waals surface area (Å²) in [5.41, 5.74) is -0.105. The van der Waals surface area contributed by atoms with Gasteiger partial charge in [-0.2, -0.15) is 0 Å². The second-order valence-electron chi connectivity index (χ2n) is 6.44. The van der Waals surface area contributed by atoms with Gasteiger partial charge in [-0.3, -0.25) is 0 Å². The zero-order valence-electron chi connectivity index (χ0n) is 13.2. The van der Waals surface area contributed by atoms with Crippen molar-refractivity contribution >= 4 is 0 Å². The monoisotopic (exact) mass is 270 g/mol. The summed E-state index contributed by atoms with van der Waals surface area (Å²) in [6, 6.07) is 0. The highest BCUT2D eigenvalue weighted by atomic mass is 16.3. The van der Waals surface area contributed by atoms with Gasteiger partial charge in [0.25, 0.3) is 0 Å². The van der Waals surface area contributed by atoms with Gasteiger partial charge in [0.1, 0.15) is 0 Å². The summed E-state index contributed by atoms with van der Waals surface area (Å²) in [6.45, 7) is 11.5. The van der Waals surface area contributed by atoms with Crippen molar-refractivity contribution in [3.05, 3.63) is 0 Å². The van der Waals surface area contributed by atoms with E-state index in [-0.39, 0.29) is 12.1 Å². The summed E-state index contributed by atoms with van der Waals surface area (Å²) < 4.78 is 0. The first kappa shape index (κ1) is 16.9. The highest BCUT2D eigenvalue weighted by molar-refractivity contribution is 4.84. The van der Waals surface area contributed by atoms with E-state index in [2.05, 4.69) is 31.0 Å². The predicted octanol–water partition coefficient (Wildman–Crippen LogP) is 2.64. The van der Waals surface area contributed by atoms with Crippen molar-refractivity contribution in [2.45, 2.75) is 64.8 Å². The molecule has 2 N–H and O–H groups in total. The number of nitrogens with zero attached hydrogens (tertiary/aromatic N) is 1. The molecule has 0 aromatic heterocycles. The summed E-state index contributed by atoms with van der Waals surface area (Å²) in [7, 11) is 0. The maximum absolute atomic E-state index is 9.60. The topological polar surface area (TPSA) is 35.5 Å². The Morgan fingerprint density at radius 1 is 1.26 bits per heavy atom. The number of hydrogen-bond donors (Lipinski definition) is 2. The van der Waals surface area contributed by atoms with Gasteiger partial charge in [-0.1, -0.05) is 20.3 Å². The Balaban J connectivity index is 2.33. The molecule has 19 heavy (non-hydrogen) atoms. The van der Waals surface area contributed by atoms with Gasteiger partial charge in [-0.25, -0.2) is 0 Å². The van der Waals surface area contributed by atoms with Crippen LogP contribution >= 0.6 is 0 Å². The van der Waals surface area contributed by atoms with Gasteiger partial charge in [0.05, 0.1) is 6.61 Å². The zero-order chi connectivity index (χ0) is 14.1. The van der Waals surface area contributed by atoms with Crippen molar-refractivity contribution in [2.24, 2.45) is 5.92 Å². The lowest BCUT2D eigenvalue weighted by Gasteiger charge is -2.31. The first-order valence-electron chi connectivity index (χ1n) is 8.21. The molecule has 0 radical (unpaired) electrons. The van der Waals surface area contributed by atoms with E-state index in [1.54, 1.807) is 0 Å². The number of likely N-dealkylation sites (tertiary alicyclic amines) is 1. The van der Waals surface area contributed by atoms with Gasteiger partial charge in [-0.15, -0.1) is 0 Å². The fourth-order valence-corrected chi connectivity index (χ4v) is 2.91. The first-order valence-corrected chi connectivity index (χ1v) is 8.21. The molecule has 3 nitrogen and oxygen atoms in total. The molecule has 1 aliphatic heterocycles. The Labute approximate surface area is 119 Å². The second kappa shape index (κ2) is 8.93. The van der Waals surface area contributed by atoms with Crippen LogP contribution in [0.3, 0.4) is 0 Å². The fraction of sp³-hybridized carbons (Fsp3) is 1.00. The molecule has 0 amide bonds. The smallest absolute Gasteiger partial charge is 0.0611 e. The summed E-state index contributed by atoms with van der Waals surface area (Å²) in [4.78, 5) is 2.59. The minimum absolute atomic E-state index is 0.105. The number of aliphatic hydroxyl groups is 1. The van der Waals surface area contributed by atoms with Crippen molar-refractivity contribution in [2.75, 3.05) is 32.8 Å². The van der Waals surface area contributed by atoms with E-state index >= 15 is 0 Å². The maximum atomic E-state index is 9.60. The molecular weight excluding hydrogens is 236 g/mol. The van der Waals surface area contributed by atoms with E-state index in [1.807, 2.05) is 0 Å². The number of hydrogen-bond acceptors (Lipinski definition) is 3. The molecule has 1 rings (SSSR count). The molecule has 1 heterocycles. The van der Waals surface area contributed by atoms with Crippen LogP contribution in [0.4, 0.5) is 0 Å². The largest absolute Gasteiger partial charge is 0.394 e. The number of nitrogens with one attached hydrogen (secondary N) is 1. The van der Waals surface area contributed by atoms with E-state index in [1.165, 1.54) is 38.8 Å². The molecule has 2 unspecified atom stereocenters. The molecule has 0 spiro atoms. The summed E-state index contributed by atoms with van der Waals surface area (Å²) in [5, 5.41) is 13.1. The third kappa shape index (κ3) is 6.24. The first-order chi connectivity index (χ1) is 9.13. The molecule has 114 valence electrons. The van der Waals surface area contributed by atoms with E-state index in [0.717, 1.165) is 31.8 Å². The van der Waals surface area contributed by atoms with Crippen molar-refractivity contribution in [3.63, 3.8) is 0 Å². The van der Waals surface area contributed by atoms with E-state index < -0.39 is 0 Å². The van der Waals surface area contributed by atoms with Crippen LogP contribution in [0.5, 0.6) is 0 Å². The van der Waals surface area contributed by atoms with Crippen LogP contribution in [0, 0.1) is 5.92 Å². The average molecular weight is 270 g/mol. The molecule has 0 saturated carbocycles. The lowest BCUT2D eigenvalue weighted by molar-refractivity contribution is 0.146. The van der Waals surface area contributed by atoms with Crippen molar-refractivity contribution < 1.29 is 5.11 Å². The van der Waals surface area contributed by atoms with Crippen LogP contribution in [-0.4, -0.2) is 48.3 Å². The third-order valence-corrected chi connectivity index (χ3v) is 4.65. The van der Waals surface area contributed by atoms with E-state index in [0.29, 0.717) is 0 Å². The molecule has 2 atom stereocenters. The summed E-state index contributed by atoms with van der Waals surface area (Å²) in [6.07, 6.45) is 7.60. The molecule has 1 fully saturated rings. The molecule has 1 saturated heterocycles. The van der Waals surface area contributed by atoms with Crippen LogP contribution in [0.25, 0.3) is 0 Å². The van der Waals surface area contributed by atoms with E-state index in [4.69, 9.17) is 0 Å². The summed E-state index contributed by atoms with van der Waals surface area (Å²) >= 11 is 0. The van der Waals surface area contributed by atoms with Crippen LogP contribution in [0.15, 0.2) is 0 Å². The van der Waals surface area contributed by atoms with Crippen LogP contribution in [0.1, 0.15) is 59.3 Å². The molecule has 0 aromatic carbocycles. The Bertz CT molecular complexity index is 235. The molecular formula is C16H34N2O. The minimum Gasteiger partial charge on any atom is -0.394 e. The Morgan fingerprint density at radius 3 is 2.68 bits per heavy atom. The fourth-order valence-electron chi connectivity index (χ4n) is 2.91. The Kier molecular flexibility index (Phi) is 7.96. The molecule has 0 aromatic rings. The number of rotatable bonds is 8. The van der Waals surface area contributed by atoms with Gasteiger partial charge in [0, 0.05) is 5.54 Å². The number of aliphatic hydroxyl groups excluding tert-OH is 1. The molecule has 1 aliphatic rings. The van der Waals surface area contributed by atoms with Gasteiger partial charge in [-0.05, 0) is 71.1 Å². The molecule has 0 bridgehead atoms. The zero-order valence-corrected chi connectivity index (χ0v) is 13.2. The normalized spacial score (nSPS) is 24.9. The second-order valence-corrected chi connectivity index (χ2v) is 6.44. The molecule has 3 heteroatoms. The van der Waals surface area contributed by atoms with Gasteiger partial charge in [0.2, 0.25) is 0 Å². The van der Waals surface area contributed by atoms with Gasteiger partial charge < -0.3 is 15.3 Å². The van der Waals surface area contributed by atoms with Crippen molar-refractivity contribution in [1.29, 1.82) is 0 Å². The lowest BCUT2D eigenvalue weighted by atomic mass is 9.98. The van der Waals surface area contributed by atoms with Crippen LogP contribution < -0.4 is 5.32 Å². The van der Waals surface area contributed by atoms with Gasteiger partial charge >= 0.3 is 0 Å². The standard InChI is InChI=1S/C16H34N2O/c1-4-10-17-16(3,14-19)9-13-18-11-6-7-15(5-2)8-12-18/h15,17,19H,4-14H2,1-3H3. The quantitative estimate of drug-likeness (QED) is 0.712. The Morgan fingerprint density at radius 2 is 2.05 bits per heavy atom. The average Bonchev–Trinajstić information content (AvgIpc) is 2.68. The third-order valence-electron chi connectivity index (χ3n) is 4.65. The Hall–Kier alpha value is -0.120. The highest BCUT2D eigenvalue weighted by Crippen LogP contribution is 2.21. The minimum atomic E-state index is -0.105. The van der Waals surface area contributed by atoms with E-state index in [9.17, 15) is 5.11 Å². The lowest BCUT2D eigenvalue weighted by Crippen LogP contribution is -2.48. The van der Waals surface area contributed by atoms with Crippen LogP contribution in [0.2, 0.25) is 0 Å². The van der Waals surface area contributed by atoms with Crippen LogP contribution in [-0.2, 0) is 0 Å². The van der Waals surface area contributed by atoms with Crippen molar-refractivity contribution in [1.82, 2.24) is 10.2 Å². The maximum Gasteiger partial charge on any atom is 0.0611 e. The summed E-state index contributed by atoms with van der Waals surface area (Å²) in [5.74, 6) is 0.937. The van der Waals surface area contributed by atoms with Gasteiger partial charge in [0.15, 0.2) is 0 Å². The predicted molar refractivity (Wildman–Crippen MR) is 82.5 cm³/mol. The molecule has 0 aliphatic carbocycles. The SMILES string of the molecule is CCCNC(C)(CO)CCN1CCCC(CC)CC1. The highest BCUT2D eigenvalue weighted by Gasteiger charge is 2.24. The van der Waals surface area contributed by atoms with Crippen molar-refractivity contribution in [3.8, 4) is 0 Å².